The van der Waals surface area contributed by atoms with E-state index in [1.807, 2.05) is 54.6 Å². The quantitative estimate of drug-likeness (QED) is 0.183. The van der Waals surface area contributed by atoms with Gasteiger partial charge in [0.05, 0.1) is 45.6 Å². The molecule has 0 unspecified atom stereocenters. The first-order valence-electron chi connectivity index (χ1n) is 15.9. The number of para-hydroxylation sites is 5. The molecule has 7 aromatic carbocycles. The van der Waals surface area contributed by atoms with E-state index in [0.29, 0.717) is 11.3 Å². The standard InChI is InChI=1S/C44H26N4/c1-46-38-20-12-19-37(44(38)48-42-23-10-6-17-35(42)36-18-7-11-24-43(36)48)32-14-3-2-13-31(32)29-25-26-39(30(27-29)28-45)47-40-21-8-4-15-33(40)34-16-5-9-22-41(34)47/h2-27H. The average molecular weight is 611 g/mol. The van der Waals surface area contributed by atoms with E-state index in [4.69, 9.17) is 6.57 Å². The van der Waals surface area contributed by atoms with E-state index in [1.165, 1.54) is 0 Å². The summed E-state index contributed by atoms with van der Waals surface area (Å²) in [6.45, 7) is 8.21. The fourth-order valence-electron chi connectivity index (χ4n) is 7.38. The number of aromatic nitrogens is 2. The minimum atomic E-state index is 0.577. The van der Waals surface area contributed by atoms with Gasteiger partial charge in [-0.05, 0) is 58.7 Å². The van der Waals surface area contributed by atoms with Crippen LogP contribution in [0.25, 0.3) is 82.1 Å². The highest BCUT2D eigenvalue weighted by Gasteiger charge is 2.21. The third-order valence-corrected chi connectivity index (χ3v) is 9.41. The van der Waals surface area contributed by atoms with Gasteiger partial charge in [-0.3, -0.25) is 0 Å². The minimum Gasteiger partial charge on any atom is -0.318 e. The molecule has 4 nitrogen and oxygen atoms in total. The molecular formula is C44H26N4. The molecule has 0 aliphatic carbocycles. The Balaban J connectivity index is 1.28. The smallest absolute Gasteiger partial charge is 0.211 e. The van der Waals surface area contributed by atoms with Crippen LogP contribution in [-0.2, 0) is 0 Å². The van der Waals surface area contributed by atoms with Crippen LogP contribution in [0.4, 0.5) is 5.69 Å². The van der Waals surface area contributed by atoms with Crippen molar-refractivity contribution in [2.75, 3.05) is 0 Å². The van der Waals surface area contributed by atoms with Crippen molar-refractivity contribution < 1.29 is 0 Å². The van der Waals surface area contributed by atoms with Gasteiger partial charge in [0.2, 0.25) is 5.69 Å². The highest BCUT2D eigenvalue weighted by Crippen LogP contribution is 2.44. The summed E-state index contributed by atoms with van der Waals surface area (Å²) < 4.78 is 4.43. The summed E-state index contributed by atoms with van der Waals surface area (Å²) in [5, 5.41) is 15.2. The van der Waals surface area contributed by atoms with Gasteiger partial charge >= 0.3 is 0 Å². The molecule has 222 valence electrons. The summed E-state index contributed by atoms with van der Waals surface area (Å²) in [6.07, 6.45) is 0. The molecule has 0 amide bonds. The Kier molecular flexibility index (Phi) is 6.22. The van der Waals surface area contributed by atoms with Gasteiger partial charge in [-0.2, -0.15) is 5.26 Å². The molecule has 0 saturated carbocycles. The molecule has 0 aliphatic heterocycles. The van der Waals surface area contributed by atoms with Crippen LogP contribution in [0.5, 0.6) is 0 Å². The van der Waals surface area contributed by atoms with Crippen molar-refractivity contribution in [3.05, 3.63) is 175 Å². The molecular weight excluding hydrogens is 585 g/mol. The van der Waals surface area contributed by atoms with Gasteiger partial charge in [0, 0.05) is 21.5 Å². The largest absolute Gasteiger partial charge is 0.318 e. The molecule has 0 bridgehead atoms. The topological polar surface area (TPSA) is 38.0 Å². The Morgan fingerprint density at radius 2 is 0.958 bits per heavy atom. The van der Waals surface area contributed by atoms with E-state index in [9.17, 15) is 5.26 Å². The molecule has 0 fully saturated rings. The summed E-state index contributed by atoms with van der Waals surface area (Å²) in [6, 6.07) is 56.4. The molecule has 0 N–H and O–H groups in total. The Hall–Kier alpha value is -6.88. The zero-order valence-corrected chi connectivity index (χ0v) is 25.8. The van der Waals surface area contributed by atoms with Gasteiger partial charge in [0.25, 0.3) is 0 Å². The zero-order valence-electron chi connectivity index (χ0n) is 25.8. The molecule has 4 heteroatoms. The highest BCUT2D eigenvalue weighted by atomic mass is 15.0. The van der Waals surface area contributed by atoms with Crippen molar-refractivity contribution in [2.24, 2.45) is 0 Å². The first kappa shape index (κ1) is 27.4. The van der Waals surface area contributed by atoms with Crippen LogP contribution in [0, 0.1) is 17.9 Å². The lowest BCUT2D eigenvalue weighted by Gasteiger charge is -2.19. The lowest BCUT2D eigenvalue weighted by Crippen LogP contribution is -2.00. The van der Waals surface area contributed by atoms with Crippen molar-refractivity contribution in [3.8, 4) is 39.7 Å². The molecule has 0 spiro atoms. The van der Waals surface area contributed by atoms with Crippen molar-refractivity contribution in [1.29, 1.82) is 5.26 Å². The van der Waals surface area contributed by atoms with Crippen molar-refractivity contribution in [1.82, 2.24) is 9.13 Å². The molecule has 2 aromatic heterocycles. The summed E-state index contributed by atoms with van der Waals surface area (Å²) in [7, 11) is 0. The summed E-state index contributed by atoms with van der Waals surface area (Å²) in [5.41, 5.74) is 11.0. The Labute approximate surface area is 277 Å². The molecule has 0 atom stereocenters. The maximum Gasteiger partial charge on any atom is 0.211 e. The highest BCUT2D eigenvalue weighted by molar-refractivity contribution is 6.11. The van der Waals surface area contributed by atoms with Gasteiger partial charge in [-0.25, -0.2) is 4.85 Å². The summed E-state index contributed by atoms with van der Waals surface area (Å²) in [4.78, 5) is 4.03. The lowest BCUT2D eigenvalue weighted by atomic mass is 9.92. The lowest BCUT2D eigenvalue weighted by molar-refractivity contribution is 1.17. The van der Waals surface area contributed by atoms with Crippen molar-refractivity contribution >= 4 is 49.3 Å². The van der Waals surface area contributed by atoms with Gasteiger partial charge in [0.15, 0.2) is 0 Å². The van der Waals surface area contributed by atoms with Crippen molar-refractivity contribution in [2.45, 2.75) is 0 Å². The van der Waals surface area contributed by atoms with Crippen LogP contribution >= 0.6 is 0 Å². The Bertz CT molecular complexity index is 2710. The maximum atomic E-state index is 10.6. The summed E-state index contributed by atoms with van der Waals surface area (Å²) in [5.74, 6) is 0. The number of hydrogen-bond acceptors (Lipinski definition) is 1. The first-order chi connectivity index (χ1) is 23.8. The Morgan fingerprint density at radius 1 is 0.479 bits per heavy atom. The van der Waals surface area contributed by atoms with E-state index >= 15 is 0 Å². The van der Waals surface area contributed by atoms with Gasteiger partial charge in [0.1, 0.15) is 6.07 Å². The van der Waals surface area contributed by atoms with Gasteiger partial charge < -0.3 is 9.13 Å². The number of nitrogens with zero attached hydrogens (tertiary/aromatic N) is 4. The molecule has 9 aromatic rings. The SMILES string of the molecule is [C-]#[N+]c1cccc(-c2ccccc2-c2ccc(-n3c4ccccc4c4ccccc43)c(C#N)c2)c1-n1c2ccccc2c2ccccc21. The predicted molar refractivity (Wildman–Crippen MR) is 197 cm³/mol. The second-order valence-corrected chi connectivity index (χ2v) is 11.9. The molecule has 0 aliphatic rings. The van der Waals surface area contributed by atoms with Gasteiger partial charge in [-0.15, -0.1) is 0 Å². The third kappa shape index (κ3) is 4.01. The first-order valence-corrected chi connectivity index (χ1v) is 15.9. The molecule has 0 saturated heterocycles. The predicted octanol–water partition coefficient (Wildman–Crippen LogP) is 11.6. The number of benzene rings is 7. The average Bonchev–Trinajstić information content (AvgIpc) is 3.67. The zero-order chi connectivity index (χ0) is 32.2. The fraction of sp³-hybridized carbons (Fsp3) is 0. The van der Waals surface area contributed by atoms with Crippen LogP contribution in [0.2, 0.25) is 0 Å². The Morgan fingerprint density at radius 3 is 1.50 bits per heavy atom. The third-order valence-electron chi connectivity index (χ3n) is 9.41. The van der Waals surface area contributed by atoms with E-state index < -0.39 is 0 Å². The second-order valence-electron chi connectivity index (χ2n) is 11.9. The van der Waals surface area contributed by atoms with E-state index in [-0.39, 0.29) is 0 Å². The van der Waals surface area contributed by atoms with Crippen molar-refractivity contribution in [3.63, 3.8) is 0 Å². The molecule has 48 heavy (non-hydrogen) atoms. The fourth-order valence-corrected chi connectivity index (χ4v) is 7.38. The monoisotopic (exact) mass is 610 g/mol. The summed E-state index contributed by atoms with van der Waals surface area (Å²) >= 11 is 0. The normalized spacial score (nSPS) is 11.3. The van der Waals surface area contributed by atoms with E-state index in [1.54, 1.807) is 0 Å². The number of nitriles is 1. The van der Waals surface area contributed by atoms with Crippen LogP contribution in [0.3, 0.4) is 0 Å². The molecule has 0 radical (unpaired) electrons. The van der Waals surface area contributed by atoms with E-state index in [0.717, 1.165) is 77.2 Å². The number of fused-ring (bicyclic) bond motifs is 6. The van der Waals surface area contributed by atoms with Gasteiger partial charge in [-0.1, -0.05) is 121 Å². The maximum absolute atomic E-state index is 10.6. The van der Waals surface area contributed by atoms with E-state index in [2.05, 4.69) is 123 Å². The second kappa shape index (κ2) is 10.9. The van der Waals surface area contributed by atoms with Crippen LogP contribution in [0.15, 0.2) is 158 Å². The van der Waals surface area contributed by atoms with Crippen LogP contribution in [-0.4, -0.2) is 9.13 Å². The number of hydrogen-bond donors (Lipinski definition) is 0. The molecule has 9 rings (SSSR count). The minimum absolute atomic E-state index is 0.577. The molecule has 2 heterocycles. The number of rotatable bonds is 4. The van der Waals surface area contributed by atoms with Crippen LogP contribution in [0.1, 0.15) is 5.56 Å². The van der Waals surface area contributed by atoms with Crippen LogP contribution < -0.4 is 0 Å².